The second-order valence-corrected chi connectivity index (χ2v) is 5.91. The van der Waals surface area contributed by atoms with Gasteiger partial charge in [-0.2, -0.15) is 0 Å². The Hall–Kier alpha value is -1.10. The maximum atomic E-state index is 12.0. The van der Waals surface area contributed by atoms with Gasteiger partial charge in [0.15, 0.2) is 0 Å². The molecule has 23 heavy (non-hydrogen) atoms. The largest absolute Gasteiger partial charge is 0.351 e. The summed E-state index contributed by atoms with van der Waals surface area (Å²) in [5, 5.41) is 2.94. The van der Waals surface area contributed by atoms with E-state index in [0.29, 0.717) is 6.54 Å². The smallest absolute Gasteiger partial charge is 0.237 e. The Morgan fingerprint density at radius 2 is 1.83 bits per heavy atom. The lowest BCUT2D eigenvalue weighted by atomic mass is 9.99. The van der Waals surface area contributed by atoms with E-state index in [-0.39, 0.29) is 24.2 Å². The second-order valence-electron chi connectivity index (χ2n) is 5.91. The minimum atomic E-state index is -0.427. The average molecular weight is 342 g/mol. The van der Waals surface area contributed by atoms with Crippen molar-refractivity contribution in [2.45, 2.75) is 53.2 Å². The first kappa shape index (κ1) is 21.9. The molecule has 1 rings (SSSR count). The van der Waals surface area contributed by atoms with Crippen molar-refractivity contribution in [3.63, 3.8) is 0 Å². The van der Waals surface area contributed by atoms with Gasteiger partial charge in [-0.15, -0.1) is 12.4 Å². The van der Waals surface area contributed by atoms with Crippen LogP contribution in [0.4, 0.5) is 0 Å². The molecule has 0 saturated carbocycles. The highest BCUT2D eigenvalue weighted by atomic mass is 35.5. The Kier molecular flexibility index (Phi) is 10.9. The van der Waals surface area contributed by atoms with Crippen LogP contribution in [0.5, 0.6) is 0 Å². The van der Waals surface area contributed by atoms with Crippen LogP contribution in [-0.4, -0.2) is 29.9 Å². The molecule has 4 nitrogen and oxygen atoms in total. The molecule has 5 heteroatoms. The maximum Gasteiger partial charge on any atom is 0.237 e. The summed E-state index contributed by atoms with van der Waals surface area (Å²) < 4.78 is 0. The molecule has 1 aromatic carbocycles. The lowest BCUT2D eigenvalue weighted by Gasteiger charge is -2.19. The molecule has 132 valence electrons. The summed E-state index contributed by atoms with van der Waals surface area (Å²) >= 11 is 0. The number of nitrogens with two attached hydrogens (primary N) is 1. The molecule has 0 aliphatic carbocycles. The number of hydrogen-bond donors (Lipinski definition) is 2. The third-order valence-electron chi connectivity index (χ3n) is 4.32. The van der Waals surface area contributed by atoms with Crippen LogP contribution in [-0.2, 0) is 17.9 Å². The van der Waals surface area contributed by atoms with E-state index in [0.717, 1.165) is 31.6 Å². The van der Waals surface area contributed by atoms with Gasteiger partial charge in [0.25, 0.3) is 0 Å². The zero-order valence-corrected chi connectivity index (χ0v) is 15.7. The Bertz CT molecular complexity index is 463. The minimum absolute atomic E-state index is 0. The topological polar surface area (TPSA) is 58.4 Å². The summed E-state index contributed by atoms with van der Waals surface area (Å²) in [5.41, 5.74) is 8.35. The van der Waals surface area contributed by atoms with Gasteiger partial charge in [-0.1, -0.05) is 58.4 Å². The zero-order valence-electron chi connectivity index (χ0n) is 14.8. The number of rotatable bonds is 9. The predicted octanol–water partition coefficient (Wildman–Crippen LogP) is 2.94. The molecular formula is C18H32ClN3O. The van der Waals surface area contributed by atoms with Gasteiger partial charge in [-0.25, -0.2) is 0 Å². The van der Waals surface area contributed by atoms with Gasteiger partial charge in [-0.05, 0) is 30.1 Å². The van der Waals surface area contributed by atoms with Gasteiger partial charge in [-0.3, -0.25) is 9.69 Å². The first-order valence-electron chi connectivity index (χ1n) is 8.35. The highest BCUT2D eigenvalue weighted by Crippen LogP contribution is 2.09. The minimum Gasteiger partial charge on any atom is -0.351 e. The highest BCUT2D eigenvalue weighted by Gasteiger charge is 2.18. The fourth-order valence-electron chi connectivity index (χ4n) is 2.36. The molecule has 0 bridgehead atoms. The Morgan fingerprint density at radius 3 is 2.39 bits per heavy atom. The molecule has 0 saturated heterocycles. The van der Waals surface area contributed by atoms with Crippen molar-refractivity contribution in [1.29, 1.82) is 0 Å². The van der Waals surface area contributed by atoms with Crippen LogP contribution in [0, 0.1) is 5.92 Å². The Morgan fingerprint density at radius 1 is 1.22 bits per heavy atom. The molecule has 2 atom stereocenters. The van der Waals surface area contributed by atoms with Gasteiger partial charge in [0.05, 0.1) is 6.04 Å². The van der Waals surface area contributed by atoms with Gasteiger partial charge in [0, 0.05) is 13.1 Å². The van der Waals surface area contributed by atoms with E-state index < -0.39 is 6.04 Å². The summed E-state index contributed by atoms with van der Waals surface area (Å²) in [4.78, 5) is 14.4. The number of carbonyl (C=O) groups excluding carboxylic acids is 1. The summed E-state index contributed by atoms with van der Waals surface area (Å²) in [6.45, 7) is 12.0. The van der Waals surface area contributed by atoms with Crippen LogP contribution in [0.2, 0.25) is 0 Å². The van der Waals surface area contributed by atoms with Gasteiger partial charge in [0.1, 0.15) is 0 Å². The van der Waals surface area contributed by atoms with Crippen LogP contribution < -0.4 is 11.1 Å². The molecule has 0 aliphatic heterocycles. The summed E-state index contributed by atoms with van der Waals surface area (Å²) in [6.07, 6.45) is 0.911. The first-order chi connectivity index (χ1) is 10.5. The van der Waals surface area contributed by atoms with E-state index in [1.54, 1.807) is 0 Å². The van der Waals surface area contributed by atoms with Crippen molar-refractivity contribution < 1.29 is 4.79 Å². The van der Waals surface area contributed by atoms with Crippen molar-refractivity contribution in [2.24, 2.45) is 11.7 Å². The lowest BCUT2D eigenvalue weighted by Crippen LogP contribution is -2.44. The monoisotopic (exact) mass is 341 g/mol. The third-order valence-corrected chi connectivity index (χ3v) is 4.32. The Balaban J connectivity index is 0.00000484. The SMILES string of the molecule is CCC(C)C(N)C(=O)NCc1cccc(CN(CC)CC)c1.Cl. The van der Waals surface area contributed by atoms with Crippen molar-refractivity contribution in [1.82, 2.24) is 10.2 Å². The molecule has 1 aromatic rings. The molecule has 0 aliphatic rings. The summed E-state index contributed by atoms with van der Waals surface area (Å²) in [5.74, 6) is 0.137. The predicted molar refractivity (Wildman–Crippen MR) is 99.6 cm³/mol. The molecule has 3 N–H and O–H groups in total. The number of nitrogens with one attached hydrogen (secondary N) is 1. The molecule has 0 spiro atoms. The molecule has 0 heterocycles. The molecular weight excluding hydrogens is 310 g/mol. The number of benzene rings is 1. The van der Waals surface area contributed by atoms with E-state index >= 15 is 0 Å². The number of halogens is 1. The molecule has 1 amide bonds. The quantitative estimate of drug-likeness (QED) is 0.726. The first-order valence-corrected chi connectivity index (χ1v) is 8.35. The van der Waals surface area contributed by atoms with E-state index in [2.05, 4.69) is 49.2 Å². The van der Waals surface area contributed by atoms with Crippen molar-refractivity contribution in [2.75, 3.05) is 13.1 Å². The molecule has 0 radical (unpaired) electrons. The number of carbonyl (C=O) groups is 1. The van der Waals surface area contributed by atoms with Crippen LogP contribution in [0.1, 0.15) is 45.2 Å². The van der Waals surface area contributed by atoms with Gasteiger partial charge < -0.3 is 11.1 Å². The lowest BCUT2D eigenvalue weighted by molar-refractivity contribution is -0.123. The van der Waals surface area contributed by atoms with Gasteiger partial charge in [0.2, 0.25) is 5.91 Å². The maximum absolute atomic E-state index is 12.0. The van der Waals surface area contributed by atoms with Crippen molar-refractivity contribution >= 4 is 18.3 Å². The fraction of sp³-hybridized carbons (Fsp3) is 0.611. The fourth-order valence-corrected chi connectivity index (χ4v) is 2.36. The molecule has 0 aromatic heterocycles. The van der Waals surface area contributed by atoms with Crippen LogP contribution >= 0.6 is 12.4 Å². The number of hydrogen-bond acceptors (Lipinski definition) is 3. The van der Waals surface area contributed by atoms with Crippen LogP contribution in [0.25, 0.3) is 0 Å². The molecule has 2 unspecified atom stereocenters. The molecule has 0 fully saturated rings. The second kappa shape index (κ2) is 11.4. The normalized spacial score (nSPS) is 13.3. The standard InChI is InChI=1S/C18H31N3O.ClH/c1-5-14(4)17(19)18(22)20-12-15-9-8-10-16(11-15)13-21(6-2)7-3;/h8-11,14,17H,5-7,12-13,19H2,1-4H3,(H,20,22);1H. The summed E-state index contributed by atoms with van der Waals surface area (Å²) in [6, 6.07) is 7.96. The Labute approximate surface area is 147 Å². The van der Waals surface area contributed by atoms with E-state index in [1.807, 2.05) is 13.0 Å². The number of nitrogens with zero attached hydrogens (tertiary/aromatic N) is 1. The van der Waals surface area contributed by atoms with Crippen molar-refractivity contribution in [3.05, 3.63) is 35.4 Å². The zero-order chi connectivity index (χ0) is 16.5. The third kappa shape index (κ3) is 7.34. The summed E-state index contributed by atoms with van der Waals surface area (Å²) in [7, 11) is 0. The highest BCUT2D eigenvalue weighted by molar-refractivity contribution is 5.85. The van der Waals surface area contributed by atoms with Gasteiger partial charge >= 0.3 is 0 Å². The average Bonchev–Trinajstić information content (AvgIpc) is 2.56. The van der Waals surface area contributed by atoms with Crippen molar-refractivity contribution in [3.8, 4) is 0 Å². The van der Waals surface area contributed by atoms with E-state index in [9.17, 15) is 4.79 Å². The van der Waals surface area contributed by atoms with E-state index in [1.165, 1.54) is 5.56 Å². The van der Waals surface area contributed by atoms with E-state index in [4.69, 9.17) is 5.73 Å². The van der Waals surface area contributed by atoms with Crippen LogP contribution in [0.3, 0.4) is 0 Å². The van der Waals surface area contributed by atoms with Crippen LogP contribution in [0.15, 0.2) is 24.3 Å². The number of amides is 1.